The topological polar surface area (TPSA) is 110 Å². The van der Waals surface area contributed by atoms with Gasteiger partial charge < -0.3 is 5.32 Å². The Kier molecular flexibility index (Phi) is 5.21. The van der Waals surface area contributed by atoms with E-state index in [1.165, 1.54) is 35.2 Å². The number of nitro groups is 1. The van der Waals surface area contributed by atoms with Crippen LogP contribution in [0.5, 0.6) is 0 Å². The lowest BCUT2D eigenvalue weighted by Crippen LogP contribution is -2.30. The molecule has 2 aromatic carbocycles. The second kappa shape index (κ2) is 7.59. The van der Waals surface area contributed by atoms with Crippen LogP contribution >= 0.6 is 0 Å². The molecule has 2 aromatic rings. The van der Waals surface area contributed by atoms with Crippen LogP contribution < -0.4 is 5.32 Å². The number of rotatable bonds is 6. The Labute approximate surface area is 161 Å². The summed E-state index contributed by atoms with van der Waals surface area (Å²) >= 11 is 0. The number of amides is 3. The van der Waals surface area contributed by atoms with E-state index in [0.29, 0.717) is 24.2 Å². The van der Waals surface area contributed by atoms with Crippen molar-refractivity contribution in [3.05, 3.63) is 68.8 Å². The van der Waals surface area contributed by atoms with Crippen molar-refractivity contribution in [1.29, 1.82) is 0 Å². The predicted octanol–water partition coefficient (Wildman–Crippen LogP) is 3.55. The van der Waals surface area contributed by atoms with Gasteiger partial charge in [-0.25, -0.2) is 0 Å². The van der Waals surface area contributed by atoms with Crippen LogP contribution in [0.25, 0.3) is 0 Å². The molecule has 1 aliphatic rings. The highest BCUT2D eigenvalue weighted by Crippen LogP contribution is 2.27. The minimum atomic E-state index is -0.518. The largest absolute Gasteiger partial charge is 0.321 e. The lowest BCUT2D eigenvalue weighted by Gasteiger charge is -2.12. The minimum Gasteiger partial charge on any atom is -0.321 e. The molecule has 0 radical (unpaired) electrons. The summed E-state index contributed by atoms with van der Waals surface area (Å²) in [6.07, 6.45) is 1.56. The highest BCUT2D eigenvalue weighted by atomic mass is 16.6. The maximum absolute atomic E-state index is 12.6. The summed E-state index contributed by atoms with van der Waals surface area (Å²) in [5.74, 6) is -1.27. The zero-order chi connectivity index (χ0) is 20.4. The summed E-state index contributed by atoms with van der Waals surface area (Å²) in [4.78, 5) is 49.2. The third kappa shape index (κ3) is 3.36. The number of anilines is 1. The molecule has 0 unspecified atom stereocenters. The molecular weight excluding hydrogens is 362 g/mol. The Bertz CT molecular complexity index is 999. The van der Waals surface area contributed by atoms with Gasteiger partial charge in [-0.3, -0.25) is 29.4 Å². The number of nitrogens with one attached hydrogen (secondary N) is 1. The molecule has 28 heavy (non-hydrogen) atoms. The molecule has 3 amide bonds. The summed E-state index contributed by atoms with van der Waals surface area (Å²) in [5.41, 5.74) is 1.22. The molecule has 1 heterocycles. The molecule has 8 nitrogen and oxygen atoms in total. The second-order valence-corrected chi connectivity index (χ2v) is 6.54. The summed E-state index contributed by atoms with van der Waals surface area (Å²) in [7, 11) is 0. The van der Waals surface area contributed by atoms with Gasteiger partial charge in [-0.2, -0.15) is 0 Å². The van der Waals surface area contributed by atoms with Gasteiger partial charge >= 0.3 is 0 Å². The van der Waals surface area contributed by atoms with Crippen LogP contribution in [0.15, 0.2) is 36.4 Å². The van der Waals surface area contributed by atoms with Crippen molar-refractivity contribution < 1.29 is 19.3 Å². The highest BCUT2D eigenvalue weighted by molar-refractivity contribution is 6.22. The molecule has 0 aliphatic carbocycles. The van der Waals surface area contributed by atoms with Gasteiger partial charge in [0.25, 0.3) is 23.4 Å². The average molecular weight is 381 g/mol. The molecule has 0 saturated carbocycles. The fourth-order valence-corrected chi connectivity index (χ4v) is 3.10. The molecule has 8 heteroatoms. The van der Waals surface area contributed by atoms with Gasteiger partial charge in [-0.05, 0) is 37.6 Å². The minimum absolute atomic E-state index is 0.0981. The van der Waals surface area contributed by atoms with Crippen molar-refractivity contribution in [2.24, 2.45) is 0 Å². The van der Waals surface area contributed by atoms with Crippen molar-refractivity contribution in [3.63, 3.8) is 0 Å². The third-order valence-corrected chi connectivity index (χ3v) is 4.72. The van der Waals surface area contributed by atoms with Crippen LogP contribution in [-0.2, 0) is 0 Å². The monoisotopic (exact) mass is 381 g/mol. The van der Waals surface area contributed by atoms with Crippen molar-refractivity contribution in [2.75, 3.05) is 11.9 Å². The summed E-state index contributed by atoms with van der Waals surface area (Å²) < 4.78 is 0. The van der Waals surface area contributed by atoms with Crippen LogP contribution in [0.4, 0.5) is 11.4 Å². The van der Waals surface area contributed by atoms with Gasteiger partial charge in [0.1, 0.15) is 0 Å². The fraction of sp³-hybridized carbons (Fsp3) is 0.250. The number of imide groups is 1. The number of nitro benzene ring substituents is 1. The van der Waals surface area contributed by atoms with Crippen molar-refractivity contribution >= 4 is 29.1 Å². The zero-order valence-electron chi connectivity index (χ0n) is 15.5. The number of hydrogen-bond acceptors (Lipinski definition) is 5. The van der Waals surface area contributed by atoms with Crippen LogP contribution in [0.1, 0.15) is 56.4 Å². The standard InChI is InChI=1S/C20H19N3O5/c1-3-4-10-22-19(25)14-9-8-13(11-15(14)20(22)26)18(24)21-16-6-5-7-17(12(16)2)23(27)28/h5-9,11H,3-4,10H2,1-2H3,(H,21,24). The number of nitrogens with zero attached hydrogens (tertiary/aromatic N) is 2. The van der Waals surface area contributed by atoms with E-state index in [1.807, 2.05) is 6.92 Å². The molecule has 0 saturated heterocycles. The Morgan fingerprint density at radius 1 is 1.14 bits per heavy atom. The van der Waals surface area contributed by atoms with Crippen molar-refractivity contribution in [2.45, 2.75) is 26.7 Å². The first-order valence-electron chi connectivity index (χ1n) is 8.90. The first-order chi connectivity index (χ1) is 13.3. The van der Waals surface area contributed by atoms with E-state index in [4.69, 9.17) is 0 Å². The maximum atomic E-state index is 12.6. The van der Waals surface area contributed by atoms with E-state index in [2.05, 4.69) is 5.32 Å². The number of hydrogen-bond donors (Lipinski definition) is 1. The van der Waals surface area contributed by atoms with Crippen molar-refractivity contribution in [1.82, 2.24) is 4.90 Å². The first kappa shape index (κ1) is 19.2. The van der Waals surface area contributed by atoms with E-state index in [9.17, 15) is 24.5 Å². The van der Waals surface area contributed by atoms with E-state index in [-0.39, 0.29) is 28.3 Å². The Hall–Kier alpha value is -3.55. The van der Waals surface area contributed by atoms with Crippen LogP contribution in [-0.4, -0.2) is 34.1 Å². The predicted molar refractivity (Wildman–Crippen MR) is 103 cm³/mol. The maximum Gasteiger partial charge on any atom is 0.274 e. The summed E-state index contributed by atoms with van der Waals surface area (Å²) in [6.45, 7) is 3.86. The first-order valence-corrected chi connectivity index (χ1v) is 8.90. The molecule has 0 fully saturated rings. The van der Waals surface area contributed by atoms with Gasteiger partial charge in [-0.1, -0.05) is 19.4 Å². The molecule has 0 atom stereocenters. The Morgan fingerprint density at radius 2 is 1.86 bits per heavy atom. The van der Waals surface area contributed by atoms with E-state index in [0.717, 1.165) is 6.42 Å². The van der Waals surface area contributed by atoms with Crippen LogP contribution in [0.2, 0.25) is 0 Å². The van der Waals surface area contributed by atoms with Gasteiger partial charge in [0.05, 0.1) is 27.3 Å². The number of benzene rings is 2. The zero-order valence-corrected chi connectivity index (χ0v) is 15.5. The molecule has 0 bridgehead atoms. The normalized spacial score (nSPS) is 12.9. The van der Waals surface area contributed by atoms with Gasteiger partial charge in [0.15, 0.2) is 0 Å². The van der Waals surface area contributed by atoms with Gasteiger partial charge in [0.2, 0.25) is 0 Å². The molecule has 1 N–H and O–H groups in total. The number of carbonyl (C=O) groups excluding carboxylic acids is 3. The van der Waals surface area contributed by atoms with E-state index in [1.54, 1.807) is 13.0 Å². The SMILES string of the molecule is CCCCN1C(=O)c2ccc(C(=O)Nc3cccc([N+](=O)[O-])c3C)cc2C1=O. The molecule has 3 rings (SSSR count). The lowest BCUT2D eigenvalue weighted by molar-refractivity contribution is -0.385. The molecule has 0 spiro atoms. The smallest absolute Gasteiger partial charge is 0.274 e. The van der Waals surface area contributed by atoms with Gasteiger partial charge in [-0.15, -0.1) is 0 Å². The molecule has 0 aromatic heterocycles. The summed E-state index contributed by atoms with van der Waals surface area (Å²) in [5, 5.41) is 13.7. The number of carbonyl (C=O) groups is 3. The van der Waals surface area contributed by atoms with E-state index < -0.39 is 16.7 Å². The fourth-order valence-electron chi connectivity index (χ4n) is 3.10. The summed E-state index contributed by atoms with van der Waals surface area (Å²) in [6, 6.07) is 8.73. The Morgan fingerprint density at radius 3 is 2.54 bits per heavy atom. The number of fused-ring (bicyclic) bond motifs is 1. The van der Waals surface area contributed by atoms with Crippen LogP contribution in [0.3, 0.4) is 0 Å². The average Bonchev–Trinajstić information content (AvgIpc) is 2.91. The Balaban J connectivity index is 1.86. The van der Waals surface area contributed by atoms with E-state index >= 15 is 0 Å². The van der Waals surface area contributed by atoms with Gasteiger partial charge in [0, 0.05) is 18.2 Å². The highest BCUT2D eigenvalue weighted by Gasteiger charge is 2.35. The third-order valence-electron chi connectivity index (χ3n) is 4.72. The van der Waals surface area contributed by atoms with Crippen LogP contribution in [0, 0.1) is 17.0 Å². The molecular formula is C20H19N3O5. The quantitative estimate of drug-likeness (QED) is 0.467. The second-order valence-electron chi connectivity index (χ2n) is 6.54. The van der Waals surface area contributed by atoms with Crippen molar-refractivity contribution in [3.8, 4) is 0 Å². The lowest BCUT2D eigenvalue weighted by atomic mass is 10.0. The molecule has 144 valence electrons. The number of unbranched alkanes of at least 4 members (excludes halogenated alkanes) is 1. The molecule has 1 aliphatic heterocycles.